The highest BCUT2D eigenvalue weighted by atomic mass is 35.5. The maximum absolute atomic E-state index is 13.7. The molecule has 246 valence electrons. The monoisotopic (exact) mass is 679 g/mol. The van der Waals surface area contributed by atoms with Crippen LogP contribution in [0.5, 0.6) is 5.88 Å². The molecule has 1 aromatic heterocycles. The van der Waals surface area contributed by atoms with E-state index in [-0.39, 0.29) is 38.4 Å². The zero-order valence-electron chi connectivity index (χ0n) is 25.4. The average molecular weight is 680 g/mol. The zero-order chi connectivity index (χ0) is 33.5. The highest BCUT2D eigenvalue weighted by molar-refractivity contribution is 7.90. The predicted octanol–water partition coefficient (Wildman–Crippen LogP) is 7.41. The van der Waals surface area contributed by atoms with Crippen molar-refractivity contribution >= 4 is 38.2 Å². The first-order chi connectivity index (χ1) is 21.4. The molecule has 1 saturated heterocycles. The van der Waals surface area contributed by atoms with Crippen LogP contribution >= 0.6 is 11.6 Å². The molecule has 3 aromatic carbocycles. The molecular weight excluding hydrogens is 646 g/mol. The van der Waals surface area contributed by atoms with Gasteiger partial charge in [0.05, 0.1) is 5.52 Å². The van der Waals surface area contributed by atoms with Gasteiger partial charge in [-0.1, -0.05) is 41.9 Å². The van der Waals surface area contributed by atoms with E-state index in [2.05, 4.69) is 10.3 Å². The molecule has 0 aliphatic carbocycles. The number of anilines is 1. The normalized spacial score (nSPS) is 16.7. The van der Waals surface area contributed by atoms with Crippen LogP contribution in [0.1, 0.15) is 50.3 Å². The average Bonchev–Trinajstić information content (AvgIpc) is 2.97. The van der Waals surface area contributed by atoms with Gasteiger partial charge in [-0.3, -0.25) is 0 Å². The van der Waals surface area contributed by atoms with Crippen molar-refractivity contribution in [2.75, 3.05) is 18.4 Å². The molecule has 1 aliphatic heterocycles. The van der Waals surface area contributed by atoms with Crippen molar-refractivity contribution in [3.8, 4) is 5.88 Å². The van der Waals surface area contributed by atoms with Crippen molar-refractivity contribution in [1.29, 1.82) is 0 Å². The van der Waals surface area contributed by atoms with Crippen molar-refractivity contribution < 1.29 is 35.8 Å². The van der Waals surface area contributed by atoms with Crippen molar-refractivity contribution in [2.45, 2.75) is 62.8 Å². The third kappa shape index (κ3) is 7.41. The molecular formula is C33H34ClF4N3O4S. The fraction of sp³-hybridized carbons (Fsp3) is 0.364. The summed E-state index contributed by atoms with van der Waals surface area (Å²) in [6.45, 7) is 5.01. The predicted molar refractivity (Wildman–Crippen MR) is 170 cm³/mol. The number of nitrogens with one attached hydrogen (secondary N) is 1. The Labute approximate surface area is 270 Å². The maximum atomic E-state index is 13.7. The molecule has 0 amide bonds. The Morgan fingerprint density at radius 3 is 2.15 bits per heavy atom. The fourth-order valence-electron chi connectivity index (χ4n) is 5.55. The van der Waals surface area contributed by atoms with Gasteiger partial charge < -0.3 is 15.2 Å². The summed E-state index contributed by atoms with van der Waals surface area (Å²) in [5.41, 5.74) is -4.69. The Balaban J connectivity index is 1.55. The fourth-order valence-corrected chi connectivity index (χ4v) is 6.66. The van der Waals surface area contributed by atoms with Gasteiger partial charge in [0.2, 0.25) is 5.88 Å². The molecule has 0 radical (unpaired) electrons. The lowest BCUT2D eigenvalue weighted by Crippen LogP contribution is -2.47. The van der Waals surface area contributed by atoms with Gasteiger partial charge in [0.1, 0.15) is 17.0 Å². The van der Waals surface area contributed by atoms with Crippen molar-refractivity contribution in [3.63, 3.8) is 0 Å². The number of ether oxygens (including phenoxy) is 1. The number of hydrogen-bond acceptors (Lipinski definition) is 6. The summed E-state index contributed by atoms with van der Waals surface area (Å²) in [4.78, 5) is 4.67. The molecule has 1 fully saturated rings. The van der Waals surface area contributed by atoms with Gasteiger partial charge in [-0.15, -0.1) is 0 Å². The number of pyridine rings is 1. The summed E-state index contributed by atoms with van der Waals surface area (Å²) in [5.74, 6) is -0.0898. The number of sulfonamides is 1. The first-order valence-corrected chi connectivity index (χ1v) is 16.5. The summed E-state index contributed by atoms with van der Waals surface area (Å²) >= 11 is 6.15. The van der Waals surface area contributed by atoms with Crippen LogP contribution < -0.4 is 10.1 Å². The lowest BCUT2D eigenvalue weighted by atomic mass is 9.81. The van der Waals surface area contributed by atoms with Crippen LogP contribution in [0.4, 0.5) is 23.2 Å². The van der Waals surface area contributed by atoms with Gasteiger partial charge >= 0.3 is 15.5 Å². The molecule has 2 heterocycles. The van der Waals surface area contributed by atoms with Gasteiger partial charge in [-0.25, -0.2) is 17.8 Å². The van der Waals surface area contributed by atoms with Gasteiger partial charge in [-0.2, -0.15) is 17.5 Å². The van der Waals surface area contributed by atoms with E-state index in [9.17, 15) is 31.1 Å². The molecule has 2 N–H and O–H groups in total. The highest BCUT2D eigenvalue weighted by Crippen LogP contribution is 2.38. The summed E-state index contributed by atoms with van der Waals surface area (Å²) in [7, 11) is -5.42. The molecule has 1 atom stereocenters. The van der Waals surface area contributed by atoms with Crippen molar-refractivity contribution in [3.05, 3.63) is 100 Å². The zero-order valence-corrected chi connectivity index (χ0v) is 27.0. The molecule has 13 heteroatoms. The second kappa shape index (κ2) is 12.6. The largest absolute Gasteiger partial charge is 0.511 e. The number of rotatable bonds is 8. The van der Waals surface area contributed by atoms with Crippen LogP contribution in [0, 0.1) is 5.82 Å². The number of halogens is 5. The second-order valence-electron chi connectivity index (χ2n) is 12.4. The third-order valence-electron chi connectivity index (χ3n) is 7.81. The Kier molecular flexibility index (Phi) is 9.31. The maximum Gasteiger partial charge on any atom is 0.511 e. The summed E-state index contributed by atoms with van der Waals surface area (Å²) < 4.78 is 83.5. The number of alkyl halides is 3. The molecule has 0 saturated carbocycles. The van der Waals surface area contributed by atoms with Crippen LogP contribution in [0.25, 0.3) is 10.9 Å². The van der Waals surface area contributed by atoms with Gasteiger partial charge in [-0.05, 0) is 86.7 Å². The minimum atomic E-state index is -5.42. The van der Waals surface area contributed by atoms with E-state index in [1.54, 1.807) is 60.7 Å². The van der Waals surface area contributed by atoms with Crippen LogP contribution in [0.2, 0.25) is 5.02 Å². The Hall–Kier alpha value is -3.45. The quantitative estimate of drug-likeness (QED) is 0.189. The van der Waals surface area contributed by atoms with E-state index in [1.165, 1.54) is 12.1 Å². The molecule has 1 unspecified atom stereocenters. The lowest BCUT2D eigenvalue weighted by Gasteiger charge is -2.33. The summed E-state index contributed by atoms with van der Waals surface area (Å²) in [5, 5.41) is 16.8. The Morgan fingerprint density at radius 2 is 1.57 bits per heavy atom. The Morgan fingerprint density at radius 1 is 0.957 bits per heavy atom. The van der Waals surface area contributed by atoms with Crippen LogP contribution in [-0.4, -0.2) is 53.1 Å². The van der Waals surface area contributed by atoms with Gasteiger partial charge in [0.25, 0.3) is 0 Å². The number of fused-ring (bicyclic) bond motifs is 1. The minimum absolute atomic E-state index is 0.105. The Bertz CT molecular complexity index is 1810. The summed E-state index contributed by atoms with van der Waals surface area (Å²) in [6.07, 6.45) is 0.370. The number of aromatic nitrogens is 1. The smallest absolute Gasteiger partial charge is 0.472 e. The SMILES string of the molecule is CC(C)(C)Oc1cc(NC2CCN(S(=O)(=O)C(F)(F)F)CC2)c2cc(C(O)(Cc3ccc(F)cc3)c3ccc(Cl)cc3)ccc2n1. The van der Waals surface area contributed by atoms with E-state index >= 15 is 0 Å². The first kappa shape index (κ1) is 33.9. The third-order valence-corrected chi connectivity index (χ3v) is 9.70. The number of hydrogen-bond donors (Lipinski definition) is 2. The standard InChI is InChI=1S/C33H34ClF4N3O4S/c1-31(2,3)45-30-19-29(39-26-14-16-41(17-15-26)46(43,44)33(36,37)38)27-18-23(8-13-28(27)40-30)32(42,22-6-9-24(34)10-7-22)20-21-4-11-25(35)12-5-21/h4-13,18-19,26,42H,14-17,20H2,1-3H3,(H,39,40). The van der Waals surface area contributed by atoms with E-state index in [1.807, 2.05) is 20.8 Å². The number of piperidine rings is 1. The molecule has 0 spiro atoms. The van der Waals surface area contributed by atoms with Crippen LogP contribution in [-0.2, 0) is 22.0 Å². The molecule has 5 rings (SSSR count). The number of aliphatic hydroxyl groups is 1. The molecule has 4 aromatic rings. The highest BCUT2D eigenvalue weighted by Gasteiger charge is 2.50. The van der Waals surface area contributed by atoms with Crippen LogP contribution in [0.3, 0.4) is 0 Å². The van der Waals surface area contributed by atoms with E-state index in [0.29, 0.717) is 48.5 Å². The van der Waals surface area contributed by atoms with E-state index < -0.39 is 32.6 Å². The molecule has 0 bridgehead atoms. The van der Waals surface area contributed by atoms with Gasteiger partial charge in [0.15, 0.2) is 0 Å². The first-order valence-electron chi connectivity index (χ1n) is 14.6. The van der Waals surface area contributed by atoms with E-state index in [0.717, 1.165) is 0 Å². The molecule has 1 aliphatic rings. The topological polar surface area (TPSA) is 91.8 Å². The van der Waals surface area contributed by atoms with Crippen molar-refractivity contribution in [2.24, 2.45) is 0 Å². The van der Waals surface area contributed by atoms with Crippen LogP contribution in [0.15, 0.2) is 72.8 Å². The minimum Gasteiger partial charge on any atom is -0.472 e. The number of benzene rings is 3. The summed E-state index contributed by atoms with van der Waals surface area (Å²) in [6, 6.07) is 19.3. The second-order valence-corrected chi connectivity index (χ2v) is 14.8. The molecule has 7 nitrogen and oxygen atoms in total. The van der Waals surface area contributed by atoms with Gasteiger partial charge in [0, 0.05) is 47.7 Å². The lowest BCUT2D eigenvalue weighted by molar-refractivity contribution is -0.0494. The number of nitrogens with zero attached hydrogens (tertiary/aromatic N) is 2. The van der Waals surface area contributed by atoms with E-state index in [4.69, 9.17) is 16.3 Å². The van der Waals surface area contributed by atoms with Crippen molar-refractivity contribution in [1.82, 2.24) is 9.29 Å². The molecule has 46 heavy (non-hydrogen) atoms.